The van der Waals surface area contributed by atoms with E-state index in [1.807, 2.05) is 40.1 Å². The minimum atomic E-state index is 0.0128. The van der Waals surface area contributed by atoms with Gasteiger partial charge in [0.15, 0.2) is 0 Å². The molecule has 0 spiro atoms. The maximum atomic E-state index is 12.6. The summed E-state index contributed by atoms with van der Waals surface area (Å²) in [6.45, 7) is 3.13. The largest absolute Gasteiger partial charge is 0.342 e. The van der Waals surface area contributed by atoms with Gasteiger partial charge in [-0.2, -0.15) is 0 Å². The molecule has 0 aliphatic carbocycles. The van der Waals surface area contributed by atoms with Gasteiger partial charge in [-0.25, -0.2) is 0 Å². The molecule has 0 atom stereocenters. The van der Waals surface area contributed by atoms with Gasteiger partial charge < -0.3 is 9.80 Å². The maximum Gasteiger partial charge on any atom is 0.246 e. The van der Waals surface area contributed by atoms with Gasteiger partial charge in [-0.3, -0.25) is 9.59 Å². The van der Waals surface area contributed by atoms with Gasteiger partial charge in [0, 0.05) is 43.2 Å². The van der Waals surface area contributed by atoms with Crippen molar-refractivity contribution >= 4 is 29.5 Å². The van der Waals surface area contributed by atoms with E-state index in [1.54, 1.807) is 6.08 Å². The summed E-state index contributed by atoms with van der Waals surface area (Å²) in [4.78, 5) is 28.8. The summed E-state index contributed by atoms with van der Waals surface area (Å²) in [5, 5.41) is 0.684. The number of benzene rings is 1. The molecule has 4 nitrogen and oxygen atoms in total. The standard InChI is InChI=1S/C20H25ClN2O2/c21-18-7-4-16(5-8-18)6-9-19(24)22-14-10-17(11-15-22)20(25)23-12-2-1-3-13-23/h4-9,17H,1-3,10-15H2/b9-6+. The Hall–Kier alpha value is -1.81. The fourth-order valence-electron chi connectivity index (χ4n) is 3.57. The molecule has 0 N–H and O–H groups in total. The first-order valence-electron chi connectivity index (χ1n) is 9.15. The van der Waals surface area contributed by atoms with Crippen LogP contribution in [-0.4, -0.2) is 47.8 Å². The van der Waals surface area contributed by atoms with Crippen molar-refractivity contribution in [2.45, 2.75) is 32.1 Å². The third kappa shape index (κ3) is 4.85. The fourth-order valence-corrected chi connectivity index (χ4v) is 3.69. The number of halogens is 1. The molecule has 0 bridgehead atoms. The predicted molar refractivity (Wildman–Crippen MR) is 100 cm³/mol. The first-order chi connectivity index (χ1) is 12.1. The monoisotopic (exact) mass is 360 g/mol. The van der Waals surface area contributed by atoms with Crippen molar-refractivity contribution in [1.29, 1.82) is 0 Å². The van der Waals surface area contributed by atoms with Crippen LogP contribution in [0.1, 0.15) is 37.7 Å². The van der Waals surface area contributed by atoms with E-state index < -0.39 is 0 Å². The van der Waals surface area contributed by atoms with Crippen LogP contribution in [0.3, 0.4) is 0 Å². The van der Waals surface area contributed by atoms with Crippen LogP contribution in [0.5, 0.6) is 0 Å². The van der Waals surface area contributed by atoms with Gasteiger partial charge in [0.1, 0.15) is 0 Å². The van der Waals surface area contributed by atoms with Crippen LogP contribution in [0, 0.1) is 5.92 Å². The maximum absolute atomic E-state index is 12.6. The van der Waals surface area contributed by atoms with Crippen LogP contribution in [0.25, 0.3) is 6.08 Å². The van der Waals surface area contributed by atoms with Gasteiger partial charge in [-0.05, 0) is 55.9 Å². The van der Waals surface area contributed by atoms with Crippen LogP contribution in [-0.2, 0) is 9.59 Å². The Morgan fingerprint density at radius 1 is 0.920 bits per heavy atom. The zero-order valence-electron chi connectivity index (χ0n) is 14.5. The summed E-state index contributed by atoms with van der Waals surface area (Å²) in [5.41, 5.74) is 0.952. The number of piperidine rings is 2. The summed E-state index contributed by atoms with van der Waals surface area (Å²) >= 11 is 5.86. The van der Waals surface area contributed by atoms with Gasteiger partial charge in [-0.15, -0.1) is 0 Å². The first kappa shape index (κ1) is 18.0. The van der Waals surface area contributed by atoms with Crippen molar-refractivity contribution < 1.29 is 9.59 Å². The lowest BCUT2D eigenvalue weighted by Crippen LogP contribution is -2.45. The van der Waals surface area contributed by atoms with Gasteiger partial charge >= 0.3 is 0 Å². The van der Waals surface area contributed by atoms with E-state index in [0.717, 1.165) is 44.3 Å². The molecule has 2 saturated heterocycles. The third-order valence-corrected chi connectivity index (χ3v) is 5.36. The highest BCUT2D eigenvalue weighted by molar-refractivity contribution is 6.30. The molecule has 0 saturated carbocycles. The number of likely N-dealkylation sites (tertiary alicyclic amines) is 2. The predicted octanol–water partition coefficient (Wildman–Crippen LogP) is 3.60. The average Bonchev–Trinajstić information content (AvgIpc) is 2.67. The lowest BCUT2D eigenvalue weighted by Gasteiger charge is -2.35. The molecule has 5 heteroatoms. The molecule has 0 radical (unpaired) electrons. The first-order valence-corrected chi connectivity index (χ1v) is 9.52. The van der Waals surface area contributed by atoms with E-state index in [0.29, 0.717) is 24.0 Å². The zero-order chi connectivity index (χ0) is 17.6. The van der Waals surface area contributed by atoms with E-state index in [4.69, 9.17) is 11.6 Å². The summed E-state index contributed by atoms with van der Waals surface area (Å²) < 4.78 is 0. The topological polar surface area (TPSA) is 40.6 Å². The van der Waals surface area contributed by atoms with Crippen molar-refractivity contribution in [3.8, 4) is 0 Å². The second-order valence-electron chi connectivity index (χ2n) is 6.87. The normalized spacial score (nSPS) is 19.4. The van der Waals surface area contributed by atoms with Crippen molar-refractivity contribution in [2.24, 2.45) is 5.92 Å². The van der Waals surface area contributed by atoms with Crippen LogP contribution < -0.4 is 0 Å². The lowest BCUT2D eigenvalue weighted by atomic mass is 9.94. The number of nitrogens with zero attached hydrogens (tertiary/aromatic N) is 2. The Balaban J connectivity index is 1.48. The lowest BCUT2D eigenvalue weighted by molar-refractivity contribution is -0.140. The number of hydrogen-bond acceptors (Lipinski definition) is 2. The Kier molecular flexibility index (Phi) is 6.14. The third-order valence-electron chi connectivity index (χ3n) is 5.11. The Labute approximate surface area is 154 Å². The van der Waals surface area contributed by atoms with Crippen molar-refractivity contribution in [1.82, 2.24) is 9.80 Å². The molecule has 134 valence electrons. The van der Waals surface area contributed by atoms with Crippen LogP contribution in [0.2, 0.25) is 5.02 Å². The minimum Gasteiger partial charge on any atom is -0.342 e. The number of amides is 2. The smallest absolute Gasteiger partial charge is 0.246 e. The summed E-state index contributed by atoms with van der Waals surface area (Å²) in [6, 6.07) is 7.39. The van der Waals surface area contributed by atoms with Crippen molar-refractivity contribution in [2.75, 3.05) is 26.2 Å². The second kappa shape index (κ2) is 8.52. The van der Waals surface area contributed by atoms with E-state index in [2.05, 4.69) is 0 Å². The van der Waals surface area contributed by atoms with Gasteiger partial charge in [0.05, 0.1) is 0 Å². The molecular weight excluding hydrogens is 336 g/mol. The van der Waals surface area contributed by atoms with Gasteiger partial charge in [0.2, 0.25) is 11.8 Å². The molecule has 1 aromatic carbocycles. The number of carbonyl (C=O) groups is 2. The molecular formula is C20H25ClN2O2. The highest BCUT2D eigenvalue weighted by Gasteiger charge is 2.30. The molecule has 2 aliphatic rings. The molecule has 2 heterocycles. The van der Waals surface area contributed by atoms with Crippen LogP contribution in [0.15, 0.2) is 30.3 Å². The molecule has 3 rings (SSSR count). The fraction of sp³-hybridized carbons (Fsp3) is 0.500. The second-order valence-corrected chi connectivity index (χ2v) is 7.31. The SMILES string of the molecule is O=C(/C=C/c1ccc(Cl)cc1)N1CCC(C(=O)N2CCCCC2)CC1. The van der Waals surface area contributed by atoms with E-state index in [-0.39, 0.29) is 11.8 Å². The van der Waals surface area contributed by atoms with Crippen molar-refractivity contribution in [3.05, 3.63) is 40.9 Å². The summed E-state index contributed by atoms with van der Waals surface area (Å²) in [7, 11) is 0. The van der Waals surface area contributed by atoms with E-state index in [1.165, 1.54) is 6.42 Å². The molecule has 0 aromatic heterocycles. The number of hydrogen-bond donors (Lipinski definition) is 0. The molecule has 1 aromatic rings. The average molecular weight is 361 g/mol. The number of rotatable bonds is 3. The van der Waals surface area contributed by atoms with E-state index in [9.17, 15) is 9.59 Å². The number of carbonyl (C=O) groups excluding carboxylic acids is 2. The summed E-state index contributed by atoms with van der Waals surface area (Å²) in [6.07, 6.45) is 8.44. The molecule has 0 unspecified atom stereocenters. The molecule has 2 aliphatic heterocycles. The molecule has 2 amide bonds. The van der Waals surface area contributed by atoms with Crippen LogP contribution >= 0.6 is 11.6 Å². The highest BCUT2D eigenvalue weighted by atomic mass is 35.5. The van der Waals surface area contributed by atoms with Crippen molar-refractivity contribution in [3.63, 3.8) is 0 Å². The zero-order valence-corrected chi connectivity index (χ0v) is 15.3. The van der Waals surface area contributed by atoms with Gasteiger partial charge in [0.25, 0.3) is 0 Å². The Morgan fingerprint density at radius 3 is 2.20 bits per heavy atom. The van der Waals surface area contributed by atoms with Crippen LogP contribution in [0.4, 0.5) is 0 Å². The van der Waals surface area contributed by atoms with Gasteiger partial charge in [-0.1, -0.05) is 23.7 Å². The quantitative estimate of drug-likeness (QED) is 0.773. The Morgan fingerprint density at radius 2 is 1.56 bits per heavy atom. The molecule has 25 heavy (non-hydrogen) atoms. The highest BCUT2D eigenvalue weighted by Crippen LogP contribution is 2.22. The molecule has 2 fully saturated rings. The van der Waals surface area contributed by atoms with E-state index >= 15 is 0 Å². The Bertz CT molecular complexity index is 628. The summed E-state index contributed by atoms with van der Waals surface area (Å²) in [5.74, 6) is 0.393. The minimum absolute atomic E-state index is 0.0128.